The second-order valence-electron chi connectivity index (χ2n) is 8.10. The van der Waals surface area contributed by atoms with Gasteiger partial charge in [0.15, 0.2) is 0 Å². The topological polar surface area (TPSA) is 59.8 Å². The van der Waals surface area contributed by atoms with Crippen LogP contribution in [0.4, 0.5) is 4.39 Å². The SMILES string of the molecule is Cc1ccc(F)c(C(NC(=O)C2CCc3nncn32)C2(C)CCCC2)c1Cl. The highest BCUT2D eigenvalue weighted by molar-refractivity contribution is 6.32. The van der Waals surface area contributed by atoms with Gasteiger partial charge in [-0.1, -0.05) is 37.4 Å². The molecule has 0 spiro atoms. The molecular formula is C20H24ClFN4O. The van der Waals surface area contributed by atoms with Gasteiger partial charge in [-0.15, -0.1) is 10.2 Å². The van der Waals surface area contributed by atoms with Crippen molar-refractivity contribution >= 4 is 17.5 Å². The van der Waals surface area contributed by atoms with E-state index in [4.69, 9.17) is 11.6 Å². The number of hydrogen-bond donors (Lipinski definition) is 1. The Morgan fingerprint density at radius 1 is 1.41 bits per heavy atom. The second-order valence-corrected chi connectivity index (χ2v) is 8.48. The summed E-state index contributed by atoms with van der Waals surface area (Å²) in [5.74, 6) is 0.336. The van der Waals surface area contributed by atoms with Crippen molar-refractivity contribution in [2.75, 3.05) is 0 Å². The van der Waals surface area contributed by atoms with E-state index in [2.05, 4.69) is 22.4 Å². The molecule has 2 unspecified atom stereocenters. The fourth-order valence-corrected chi connectivity index (χ4v) is 4.88. The van der Waals surface area contributed by atoms with Gasteiger partial charge < -0.3 is 9.88 Å². The average molecular weight is 391 g/mol. The first-order valence-electron chi connectivity index (χ1n) is 9.54. The van der Waals surface area contributed by atoms with Gasteiger partial charge in [0.05, 0.1) is 11.1 Å². The number of halogens is 2. The molecule has 1 amide bonds. The summed E-state index contributed by atoms with van der Waals surface area (Å²) in [6.45, 7) is 3.99. The highest BCUT2D eigenvalue weighted by atomic mass is 35.5. The summed E-state index contributed by atoms with van der Waals surface area (Å²) >= 11 is 6.52. The van der Waals surface area contributed by atoms with E-state index in [0.717, 1.165) is 43.5 Å². The molecular weight excluding hydrogens is 367 g/mol. The Hall–Kier alpha value is -1.95. The molecule has 1 aliphatic heterocycles. The summed E-state index contributed by atoms with van der Waals surface area (Å²) in [6, 6.07) is 2.31. The lowest BCUT2D eigenvalue weighted by Crippen LogP contribution is -2.41. The molecule has 0 radical (unpaired) electrons. The molecule has 1 aromatic heterocycles. The molecule has 0 bridgehead atoms. The van der Waals surface area contributed by atoms with E-state index < -0.39 is 6.04 Å². The van der Waals surface area contributed by atoms with Gasteiger partial charge in [-0.2, -0.15) is 0 Å². The molecule has 5 nitrogen and oxygen atoms in total. The molecule has 27 heavy (non-hydrogen) atoms. The highest BCUT2D eigenvalue weighted by Gasteiger charge is 2.42. The summed E-state index contributed by atoms with van der Waals surface area (Å²) < 4.78 is 16.7. The highest BCUT2D eigenvalue weighted by Crippen LogP contribution is 2.49. The maximum atomic E-state index is 14.9. The van der Waals surface area contributed by atoms with E-state index >= 15 is 0 Å². The van der Waals surface area contributed by atoms with E-state index in [1.807, 2.05) is 11.5 Å². The maximum Gasteiger partial charge on any atom is 0.243 e. The number of hydrogen-bond acceptors (Lipinski definition) is 3. The molecule has 1 aliphatic carbocycles. The number of benzene rings is 1. The minimum atomic E-state index is -0.458. The van der Waals surface area contributed by atoms with Crippen LogP contribution >= 0.6 is 11.6 Å². The van der Waals surface area contributed by atoms with Crippen LogP contribution in [-0.4, -0.2) is 20.7 Å². The lowest BCUT2D eigenvalue weighted by molar-refractivity contribution is -0.126. The Morgan fingerprint density at radius 2 is 2.15 bits per heavy atom. The van der Waals surface area contributed by atoms with Crippen LogP contribution in [0.2, 0.25) is 5.02 Å². The van der Waals surface area contributed by atoms with Crippen molar-refractivity contribution in [1.82, 2.24) is 20.1 Å². The average Bonchev–Trinajstić information content (AvgIpc) is 3.34. The zero-order valence-corrected chi connectivity index (χ0v) is 16.4. The van der Waals surface area contributed by atoms with Crippen molar-refractivity contribution in [3.05, 3.63) is 46.3 Å². The molecule has 1 N–H and O–H groups in total. The van der Waals surface area contributed by atoms with Crippen LogP contribution in [0.25, 0.3) is 0 Å². The molecule has 144 valence electrons. The fraction of sp³-hybridized carbons (Fsp3) is 0.550. The molecule has 1 aromatic carbocycles. The van der Waals surface area contributed by atoms with E-state index in [9.17, 15) is 9.18 Å². The Morgan fingerprint density at radius 3 is 2.89 bits per heavy atom. The normalized spacial score (nSPS) is 21.9. The van der Waals surface area contributed by atoms with Crippen LogP contribution in [0.15, 0.2) is 18.5 Å². The number of nitrogens with zero attached hydrogens (tertiary/aromatic N) is 3. The second kappa shape index (κ2) is 6.89. The van der Waals surface area contributed by atoms with Crippen molar-refractivity contribution < 1.29 is 9.18 Å². The van der Waals surface area contributed by atoms with E-state index in [1.165, 1.54) is 6.07 Å². The van der Waals surface area contributed by atoms with Gasteiger partial charge >= 0.3 is 0 Å². The van der Waals surface area contributed by atoms with E-state index in [1.54, 1.807) is 12.4 Å². The Labute approximate surface area is 163 Å². The zero-order chi connectivity index (χ0) is 19.2. The summed E-state index contributed by atoms with van der Waals surface area (Å²) in [5, 5.41) is 11.5. The first kappa shape index (κ1) is 18.4. The Bertz CT molecular complexity index is 875. The molecule has 2 aromatic rings. The van der Waals surface area contributed by atoms with E-state index in [-0.39, 0.29) is 23.2 Å². The molecule has 2 heterocycles. The molecule has 0 saturated heterocycles. The summed E-state index contributed by atoms with van der Waals surface area (Å²) in [5.41, 5.74) is 1.01. The zero-order valence-electron chi connectivity index (χ0n) is 15.6. The third-order valence-electron chi connectivity index (χ3n) is 6.26. The Balaban J connectivity index is 1.70. The molecule has 1 saturated carbocycles. The van der Waals surface area contributed by atoms with Crippen LogP contribution in [0.5, 0.6) is 0 Å². The largest absolute Gasteiger partial charge is 0.347 e. The predicted molar refractivity (Wildman–Crippen MR) is 101 cm³/mol. The monoisotopic (exact) mass is 390 g/mol. The van der Waals surface area contributed by atoms with E-state index in [0.29, 0.717) is 17.0 Å². The van der Waals surface area contributed by atoms with Gasteiger partial charge in [-0.05, 0) is 43.2 Å². The number of rotatable bonds is 4. The van der Waals surface area contributed by atoms with Crippen LogP contribution < -0.4 is 5.32 Å². The van der Waals surface area contributed by atoms with Crippen LogP contribution in [-0.2, 0) is 11.2 Å². The third kappa shape index (κ3) is 3.14. The van der Waals surface area contributed by atoms with Crippen LogP contribution in [0.1, 0.15) is 68.1 Å². The summed E-state index contributed by atoms with van der Waals surface area (Å²) in [7, 11) is 0. The Kier molecular flexibility index (Phi) is 4.70. The van der Waals surface area contributed by atoms with Gasteiger partial charge in [0, 0.05) is 12.0 Å². The van der Waals surface area contributed by atoms with Gasteiger partial charge in [0.2, 0.25) is 5.91 Å². The number of aromatic nitrogens is 3. The van der Waals surface area contributed by atoms with Crippen molar-refractivity contribution in [3.63, 3.8) is 0 Å². The standard InChI is InChI=1S/C20H24ClFN4O/c1-12-5-6-13(22)16(17(12)21)18(20(2)9-3-4-10-20)24-19(27)14-7-8-15-25-23-11-26(14)15/h5-6,11,14,18H,3-4,7-10H2,1-2H3,(H,24,27). The number of carbonyl (C=O) groups excluding carboxylic acids is 1. The maximum absolute atomic E-state index is 14.9. The minimum absolute atomic E-state index is 0.122. The lowest BCUT2D eigenvalue weighted by Gasteiger charge is -2.36. The lowest BCUT2D eigenvalue weighted by atomic mass is 9.76. The number of amides is 1. The summed E-state index contributed by atoms with van der Waals surface area (Å²) in [4.78, 5) is 13.1. The smallest absolute Gasteiger partial charge is 0.243 e. The van der Waals surface area contributed by atoms with Gasteiger partial charge in [-0.3, -0.25) is 4.79 Å². The molecule has 1 fully saturated rings. The van der Waals surface area contributed by atoms with Crippen molar-refractivity contribution in [2.24, 2.45) is 5.41 Å². The third-order valence-corrected chi connectivity index (χ3v) is 6.77. The molecule has 2 atom stereocenters. The van der Waals surface area contributed by atoms with Crippen LogP contribution in [0, 0.1) is 18.2 Å². The van der Waals surface area contributed by atoms with Crippen molar-refractivity contribution in [1.29, 1.82) is 0 Å². The first-order valence-corrected chi connectivity index (χ1v) is 9.92. The molecule has 2 aliphatic rings. The summed E-state index contributed by atoms with van der Waals surface area (Å²) in [6.07, 6.45) is 7.02. The van der Waals surface area contributed by atoms with Crippen molar-refractivity contribution in [3.8, 4) is 0 Å². The number of aryl methyl sites for hydroxylation is 2. The fourth-order valence-electron chi connectivity index (χ4n) is 4.62. The van der Waals surface area contributed by atoms with Gasteiger partial charge in [-0.25, -0.2) is 4.39 Å². The van der Waals surface area contributed by atoms with Crippen LogP contribution in [0.3, 0.4) is 0 Å². The number of carbonyl (C=O) groups is 1. The predicted octanol–water partition coefficient (Wildman–Crippen LogP) is 4.30. The van der Waals surface area contributed by atoms with Gasteiger partial charge in [0.25, 0.3) is 0 Å². The van der Waals surface area contributed by atoms with Crippen molar-refractivity contribution in [2.45, 2.75) is 64.5 Å². The van der Waals surface area contributed by atoms with Gasteiger partial charge in [0.1, 0.15) is 24.0 Å². The number of nitrogens with one attached hydrogen (secondary N) is 1. The minimum Gasteiger partial charge on any atom is -0.347 e. The molecule has 4 rings (SSSR count). The quantitative estimate of drug-likeness (QED) is 0.846. The molecule has 7 heteroatoms. The number of fused-ring (bicyclic) bond motifs is 1. The first-order chi connectivity index (χ1) is 12.9.